The van der Waals surface area contributed by atoms with Crippen LogP contribution in [0.1, 0.15) is 18.3 Å². The van der Waals surface area contributed by atoms with Crippen LogP contribution in [0.25, 0.3) is 10.5 Å². The number of allylic oxidation sites excluding steroid dienone is 2. The van der Waals surface area contributed by atoms with E-state index < -0.39 is 0 Å². The van der Waals surface area contributed by atoms with Gasteiger partial charge in [0.05, 0.1) is 18.0 Å². The van der Waals surface area contributed by atoms with E-state index in [4.69, 9.17) is 6.57 Å². The zero-order chi connectivity index (χ0) is 8.72. The maximum atomic E-state index is 6.98. The first-order chi connectivity index (χ1) is 5.74. The van der Waals surface area contributed by atoms with Gasteiger partial charge in [-0.25, -0.2) is 4.85 Å². The summed E-state index contributed by atoms with van der Waals surface area (Å²) in [5, 5.41) is 4.28. The van der Waals surface area contributed by atoms with Crippen LogP contribution in [0.2, 0.25) is 0 Å². The second kappa shape index (κ2) is 2.21. The van der Waals surface area contributed by atoms with Crippen molar-refractivity contribution < 1.29 is 0 Å². The first kappa shape index (κ1) is 7.11. The molecule has 2 rings (SSSR count). The fraction of sp³-hybridized carbons (Fsp3) is 0.333. The van der Waals surface area contributed by atoms with E-state index in [0.717, 1.165) is 29.2 Å². The summed E-state index contributed by atoms with van der Waals surface area (Å²) >= 11 is 0. The average Bonchev–Trinajstić information content (AvgIpc) is 2.52. The zero-order valence-corrected chi connectivity index (χ0v) is 7.13. The highest BCUT2D eigenvalue weighted by molar-refractivity contribution is 5.62. The number of rotatable bonds is 0. The Morgan fingerprint density at radius 2 is 2.33 bits per heavy atom. The van der Waals surface area contributed by atoms with Gasteiger partial charge in [0.1, 0.15) is 0 Å². The summed E-state index contributed by atoms with van der Waals surface area (Å²) in [6, 6.07) is 0. The molecule has 1 aliphatic rings. The molecule has 0 atom stereocenters. The van der Waals surface area contributed by atoms with E-state index in [0.29, 0.717) is 0 Å². The van der Waals surface area contributed by atoms with Gasteiger partial charge in [-0.05, 0) is 13.8 Å². The van der Waals surface area contributed by atoms with Crippen molar-refractivity contribution in [3.8, 4) is 0 Å². The van der Waals surface area contributed by atoms with Gasteiger partial charge in [-0.2, -0.15) is 5.10 Å². The summed E-state index contributed by atoms with van der Waals surface area (Å²) in [7, 11) is 0. The second-order valence-corrected chi connectivity index (χ2v) is 2.95. The SMILES string of the molecule is [C-]#[N+]c1c(C)nn2c1CC=C2C. The molecule has 3 heteroatoms. The summed E-state index contributed by atoms with van der Waals surface area (Å²) in [6.07, 6.45) is 2.95. The van der Waals surface area contributed by atoms with Crippen molar-refractivity contribution in [1.82, 2.24) is 9.78 Å². The molecule has 0 fully saturated rings. The largest absolute Gasteiger partial charge is 0.254 e. The van der Waals surface area contributed by atoms with Crippen LogP contribution < -0.4 is 0 Å². The van der Waals surface area contributed by atoms with Crippen LogP contribution in [0.4, 0.5) is 5.69 Å². The van der Waals surface area contributed by atoms with Gasteiger partial charge in [0.15, 0.2) is 0 Å². The van der Waals surface area contributed by atoms with E-state index in [1.54, 1.807) is 0 Å². The molecule has 0 bridgehead atoms. The van der Waals surface area contributed by atoms with Gasteiger partial charge in [0.25, 0.3) is 0 Å². The van der Waals surface area contributed by atoms with Gasteiger partial charge >= 0.3 is 0 Å². The maximum Gasteiger partial charge on any atom is 0.231 e. The Bertz CT molecular complexity index is 404. The molecule has 0 saturated carbocycles. The fourth-order valence-corrected chi connectivity index (χ4v) is 1.52. The van der Waals surface area contributed by atoms with Gasteiger partial charge in [0, 0.05) is 12.1 Å². The van der Waals surface area contributed by atoms with Crippen LogP contribution in [0.15, 0.2) is 6.08 Å². The van der Waals surface area contributed by atoms with Crippen molar-refractivity contribution >= 4 is 11.4 Å². The molecule has 0 aliphatic carbocycles. The van der Waals surface area contributed by atoms with E-state index >= 15 is 0 Å². The molecule has 0 unspecified atom stereocenters. The zero-order valence-electron chi connectivity index (χ0n) is 7.13. The molecule has 2 heterocycles. The topological polar surface area (TPSA) is 22.2 Å². The molecule has 1 aromatic rings. The van der Waals surface area contributed by atoms with Crippen molar-refractivity contribution in [1.29, 1.82) is 0 Å². The lowest BCUT2D eigenvalue weighted by atomic mass is 10.2. The van der Waals surface area contributed by atoms with Crippen molar-refractivity contribution in [2.24, 2.45) is 0 Å². The van der Waals surface area contributed by atoms with Gasteiger partial charge in [-0.1, -0.05) is 6.08 Å². The van der Waals surface area contributed by atoms with Crippen LogP contribution in [0, 0.1) is 13.5 Å². The molecule has 0 saturated heterocycles. The van der Waals surface area contributed by atoms with Gasteiger partial charge < -0.3 is 0 Å². The van der Waals surface area contributed by atoms with Crippen LogP contribution in [0.3, 0.4) is 0 Å². The van der Waals surface area contributed by atoms with Crippen molar-refractivity contribution in [3.05, 3.63) is 28.9 Å². The summed E-state index contributed by atoms with van der Waals surface area (Å²) in [5.41, 5.74) is 3.73. The lowest BCUT2D eigenvalue weighted by molar-refractivity contribution is 0.862. The number of hydrogen-bond acceptors (Lipinski definition) is 1. The summed E-state index contributed by atoms with van der Waals surface area (Å²) in [6.45, 7) is 10.9. The number of aromatic nitrogens is 2. The van der Waals surface area contributed by atoms with Crippen molar-refractivity contribution in [2.75, 3.05) is 0 Å². The minimum atomic E-state index is 0.725. The predicted octanol–water partition coefficient (Wildman–Crippen LogP) is 2.16. The highest BCUT2D eigenvalue weighted by atomic mass is 15.3. The first-order valence-corrected chi connectivity index (χ1v) is 3.87. The molecule has 3 nitrogen and oxygen atoms in total. The Morgan fingerprint density at radius 3 is 3.00 bits per heavy atom. The molecule has 0 spiro atoms. The average molecular weight is 159 g/mol. The summed E-state index contributed by atoms with van der Waals surface area (Å²) < 4.78 is 1.86. The number of nitrogens with zero attached hydrogens (tertiary/aromatic N) is 3. The Labute approximate surface area is 71.1 Å². The molecule has 0 N–H and O–H groups in total. The van der Waals surface area contributed by atoms with E-state index in [-0.39, 0.29) is 0 Å². The molecule has 12 heavy (non-hydrogen) atoms. The lowest BCUT2D eigenvalue weighted by Crippen LogP contribution is -1.93. The van der Waals surface area contributed by atoms with Crippen molar-refractivity contribution in [3.63, 3.8) is 0 Å². The molecule has 1 aromatic heterocycles. The lowest BCUT2D eigenvalue weighted by Gasteiger charge is -1.95. The van der Waals surface area contributed by atoms with Gasteiger partial charge in [-0.15, -0.1) is 0 Å². The van der Waals surface area contributed by atoms with Crippen LogP contribution >= 0.6 is 0 Å². The summed E-state index contributed by atoms with van der Waals surface area (Å²) in [4.78, 5) is 3.47. The molecular weight excluding hydrogens is 150 g/mol. The van der Waals surface area contributed by atoms with Crippen LogP contribution in [0.5, 0.6) is 0 Å². The fourth-order valence-electron chi connectivity index (χ4n) is 1.52. The number of aryl methyl sites for hydroxylation is 1. The molecular formula is C9H9N3. The van der Waals surface area contributed by atoms with E-state index in [2.05, 4.69) is 16.0 Å². The summed E-state index contributed by atoms with van der Waals surface area (Å²) in [5.74, 6) is 0. The molecule has 0 amide bonds. The molecule has 0 aromatic carbocycles. The third-order valence-corrected chi connectivity index (χ3v) is 2.16. The standard InChI is InChI=1S/C9H9N3/c1-6-4-5-8-9(10-3)7(2)11-12(6)8/h4H,5H2,1-2H3. The molecule has 1 aliphatic heterocycles. The Kier molecular flexibility index (Phi) is 1.31. The number of hydrogen-bond donors (Lipinski definition) is 0. The maximum absolute atomic E-state index is 6.98. The Balaban J connectivity index is 2.68. The predicted molar refractivity (Wildman–Crippen MR) is 46.9 cm³/mol. The molecule has 0 radical (unpaired) electrons. The Morgan fingerprint density at radius 1 is 1.58 bits per heavy atom. The minimum Gasteiger partial charge on any atom is -0.254 e. The highest BCUT2D eigenvalue weighted by Crippen LogP contribution is 2.30. The highest BCUT2D eigenvalue weighted by Gasteiger charge is 2.18. The minimum absolute atomic E-state index is 0.725. The van der Waals surface area contributed by atoms with Crippen LogP contribution in [-0.4, -0.2) is 9.78 Å². The third kappa shape index (κ3) is 0.722. The first-order valence-electron chi connectivity index (χ1n) is 3.87. The smallest absolute Gasteiger partial charge is 0.231 e. The molecule has 60 valence electrons. The van der Waals surface area contributed by atoms with Gasteiger partial charge in [-0.3, -0.25) is 4.68 Å². The Hall–Kier alpha value is -1.56. The normalized spacial score (nSPS) is 13.9. The third-order valence-electron chi connectivity index (χ3n) is 2.16. The van der Waals surface area contributed by atoms with Crippen molar-refractivity contribution in [2.45, 2.75) is 20.3 Å². The van der Waals surface area contributed by atoms with Crippen LogP contribution in [-0.2, 0) is 6.42 Å². The second-order valence-electron chi connectivity index (χ2n) is 2.95. The van der Waals surface area contributed by atoms with E-state index in [1.807, 2.05) is 18.5 Å². The quantitative estimate of drug-likeness (QED) is 0.532. The van der Waals surface area contributed by atoms with E-state index in [9.17, 15) is 0 Å². The van der Waals surface area contributed by atoms with E-state index in [1.165, 1.54) is 0 Å². The van der Waals surface area contributed by atoms with Gasteiger partial charge in [0.2, 0.25) is 5.69 Å². The monoisotopic (exact) mass is 159 g/mol. The number of fused-ring (bicyclic) bond motifs is 1.